The minimum atomic E-state index is 0.220. The number of fused-ring (bicyclic) bond motifs is 1. The summed E-state index contributed by atoms with van der Waals surface area (Å²) in [5, 5.41) is 0.552. The molecule has 122 valence electrons. The molecule has 4 rings (SSSR count). The van der Waals surface area contributed by atoms with Gasteiger partial charge in [-0.25, -0.2) is 4.98 Å². The lowest BCUT2D eigenvalue weighted by Crippen LogP contribution is -2.32. The third-order valence-electron chi connectivity index (χ3n) is 4.06. The molecule has 7 heteroatoms. The third-order valence-corrected chi connectivity index (χ3v) is 5.32. The Morgan fingerprint density at radius 1 is 1.22 bits per heavy atom. The summed E-state index contributed by atoms with van der Waals surface area (Å²) in [5.74, 6) is 5.07. The molecule has 1 aromatic heterocycles. The van der Waals surface area contributed by atoms with Gasteiger partial charge in [0.25, 0.3) is 0 Å². The Kier molecular flexibility index (Phi) is 4.13. The maximum atomic E-state index is 6.35. The molecule has 1 fully saturated rings. The Morgan fingerprint density at radius 3 is 2.74 bits per heavy atom. The van der Waals surface area contributed by atoms with E-state index < -0.39 is 0 Å². The minimum absolute atomic E-state index is 0.220. The molecule has 0 bridgehead atoms. The van der Waals surface area contributed by atoms with Crippen molar-refractivity contribution >= 4 is 23.4 Å². The Labute approximate surface area is 143 Å². The van der Waals surface area contributed by atoms with Crippen LogP contribution in [0, 0.1) is 6.92 Å². The molecule has 1 saturated heterocycles. The molecule has 1 aromatic carbocycles. The van der Waals surface area contributed by atoms with Crippen molar-refractivity contribution in [3.63, 3.8) is 0 Å². The standard InChI is InChI=1S/C16H17ClN2O3S/c1-10-13(8-19-2-4-23-5-3-19)18-16(22-10)11-6-14-15(7-12(11)17)21-9-20-14/h6-7H,2-5,8-9H2,1H3. The first-order valence-corrected chi connectivity index (χ1v) is 9.10. The predicted octanol–water partition coefficient (Wildman–Crippen LogP) is 3.58. The molecular weight excluding hydrogens is 336 g/mol. The zero-order chi connectivity index (χ0) is 15.8. The molecule has 0 N–H and O–H groups in total. The number of benzene rings is 1. The molecule has 2 aliphatic rings. The van der Waals surface area contributed by atoms with Gasteiger partial charge in [0.1, 0.15) is 5.76 Å². The van der Waals surface area contributed by atoms with Gasteiger partial charge in [-0.05, 0) is 13.0 Å². The Morgan fingerprint density at radius 2 is 1.96 bits per heavy atom. The van der Waals surface area contributed by atoms with E-state index in [1.807, 2.05) is 24.8 Å². The molecule has 2 aliphatic heterocycles. The summed E-state index contributed by atoms with van der Waals surface area (Å²) in [6.45, 7) is 5.18. The largest absolute Gasteiger partial charge is 0.454 e. The van der Waals surface area contributed by atoms with Gasteiger partial charge in [-0.1, -0.05) is 11.6 Å². The summed E-state index contributed by atoms with van der Waals surface area (Å²) in [6, 6.07) is 3.58. The SMILES string of the molecule is Cc1oc(-c2cc3c(cc2Cl)OCO3)nc1CN1CCSCC1. The number of nitrogens with zero attached hydrogens (tertiary/aromatic N) is 2. The normalized spacial score (nSPS) is 17.7. The van der Waals surface area contributed by atoms with E-state index >= 15 is 0 Å². The molecule has 3 heterocycles. The molecule has 5 nitrogen and oxygen atoms in total. The number of ether oxygens (including phenoxy) is 2. The number of rotatable bonds is 3. The summed E-state index contributed by atoms with van der Waals surface area (Å²) < 4.78 is 16.6. The number of aromatic nitrogens is 1. The van der Waals surface area contributed by atoms with Crippen LogP contribution in [0.15, 0.2) is 16.5 Å². The van der Waals surface area contributed by atoms with Crippen molar-refractivity contribution in [3.8, 4) is 23.0 Å². The topological polar surface area (TPSA) is 47.7 Å². The molecule has 0 radical (unpaired) electrons. The first-order valence-electron chi connectivity index (χ1n) is 7.56. The molecule has 0 unspecified atom stereocenters. The van der Waals surface area contributed by atoms with E-state index in [0.29, 0.717) is 22.4 Å². The quantitative estimate of drug-likeness (QED) is 0.841. The van der Waals surface area contributed by atoms with Gasteiger partial charge >= 0.3 is 0 Å². The molecule has 23 heavy (non-hydrogen) atoms. The lowest BCUT2D eigenvalue weighted by molar-refractivity contribution is 0.174. The highest BCUT2D eigenvalue weighted by Gasteiger charge is 2.22. The predicted molar refractivity (Wildman–Crippen MR) is 90.4 cm³/mol. The van der Waals surface area contributed by atoms with Crippen molar-refractivity contribution in [3.05, 3.63) is 28.6 Å². The van der Waals surface area contributed by atoms with E-state index in [-0.39, 0.29) is 6.79 Å². The molecule has 0 amide bonds. The Hall–Kier alpha value is -1.37. The van der Waals surface area contributed by atoms with Gasteiger partial charge in [-0.15, -0.1) is 0 Å². The first-order chi connectivity index (χ1) is 11.2. The van der Waals surface area contributed by atoms with Crippen molar-refractivity contribution in [2.45, 2.75) is 13.5 Å². The van der Waals surface area contributed by atoms with Crippen molar-refractivity contribution in [1.29, 1.82) is 0 Å². The summed E-state index contributed by atoms with van der Waals surface area (Å²) in [7, 11) is 0. The average molecular weight is 353 g/mol. The highest BCUT2D eigenvalue weighted by Crippen LogP contribution is 2.41. The molecular formula is C16H17ClN2O3S. The minimum Gasteiger partial charge on any atom is -0.454 e. The zero-order valence-electron chi connectivity index (χ0n) is 12.8. The summed E-state index contributed by atoms with van der Waals surface area (Å²) in [4.78, 5) is 7.07. The second-order valence-corrected chi connectivity index (χ2v) is 7.23. The van der Waals surface area contributed by atoms with Crippen LogP contribution >= 0.6 is 23.4 Å². The number of hydrogen-bond donors (Lipinski definition) is 0. The van der Waals surface area contributed by atoms with Crippen LogP contribution in [0.5, 0.6) is 11.5 Å². The van der Waals surface area contributed by atoms with Crippen molar-refractivity contribution in [2.24, 2.45) is 0 Å². The van der Waals surface area contributed by atoms with E-state index in [1.54, 1.807) is 6.07 Å². The lowest BCUT2D eigenvalue weighted by Gasteiger charge is -2.25. The number of thioether (sulfide) groups is 1. The van der Waals surface area contributed by atoms with Crippen LogP contribution in [-0.2, 0) is 6.54 Å². The van der Waals surface area contributed by atoms with Gasteiger partial charge in [-0.3, -0.25) is 4.90 Å². The fraction of sp³-hybridized carbons (Fsp3) is 0.438. The Bertz CT molecular complexity index is 728. The summed E-state index contributed by atoms with van der Waals surface area (Å²) in [5.41, 5.74) is 1.71. The molecule has 0 saturated carbocycles. The average Bonchev–Trinajstić information content (AvgIpc) is 3.14. The number of hydrogen-bond acceptors (Lipinski definition) is 6. The van der Waals surface area contributed by atoms with Crippen molar-refractivity contribution in [2.75, 3.05) is 31.4 Å². The fourth-order valence-electron chi connectivity index (χ4n) is 2.74. The molecule has 0 aliphatic carbocycles. The molecule has 0 atom stereocenters. The van der Waals surface area contributed by atoms with Crippen LogP contribution in [0.2, 0.25) is 5.02 Å². The van der Waals surface area contributed by atoms with E-state index in [9.17, 15) is 0 Å². The number of oxazole rings is 1. The Balaban J connectivity index is 1.61. The van der Waals surface area contributed by atoms with E-state index in [2.05, 4.69) is 9.88 Å². The summed E-state index contributed by atoms with van der Waals surface area (Å²) >= 11 is 8.35. The van der Waals surface area contributed by atoms with Crippen LogP contribution in [0.4, 0.5) is 0 Å². The second kappa shape index (κ2) is 6.26. The number of aryl methyl sites for hydroxylation is 1. The van der Waals surface area contributed by atoms with E-state index in [4.69, 9.17) is 25.5 Å². The first kappa shape index (κ1) is 15.2. The highest BCUT2D eigenvalue weighted by atomic mass is 35.5. The van der Waals surface area contributed by atoms with E-state index in [1.165, 1.54) is 11.5 Å². The van der Waals surface area contributed by atoms with Gasteiger partial charge in [0.05, 0.1) is 16.3 Å². The van der Waals surface area contributed by atoms with Gasteiger partial charge in [-0.2, -0.15) is 11.8 Å². The van der Waals surface area contributed by atoms with Gasteiger partial charge in [0, 0.05) is 37.2 Å². The fourth-order valence-corrected chi connectivity index (χ4v) is 3.96. The maximum Gasteiger partial charge on any atom is 0.231 e. The molecule has 0 spiro atoms. The monoisotopic (exact) mass is 352 g/mol. The summed E-state index contributed by atoms with van der Waals surface area (Å²) in [6.07, 6.45) is 0. The van der Waals surface area contributed by atoms with Crippen LogP contribution < -0.4 is 9.47 Å². The smallest absolute Gasteiger partial charge is 0.231 e. The van der Waals surface area contributed by atoms with Gasteiger partial charge in [0.2, 0.25) is 12.7 Å². The van der Waals surface area contributed by atoms with E-state index in [0.717, 1.165) is 36.7 Å². The second-order valence-electron chi connectivity index (χ2n) is 5.60. The van der Waals surface area contributed by atoms with Crippen LogP contribution in [-0.4, -0.2) is 41.3 Å². The maximum absolute atomic E-state index is 6.35. The van der Waals surface area contributed by atoms with Gasteiger partial charge in [0.15, 0.2) is 11.5 Å². The third kappa shape index (κ3) is 3.03. The lowest BCUT2D eigenvalue weighted by atomic mass is 10.2. The van der Waals surface area contributed by atoms with Crippen LogP contribution in [0.25, 0.3) is 11.5 Å². The zero-order valence-corrected chi connectivity index (χ0v) is 14.4. The van der Waals surface area contributed by atoms with Crippen molar-refractivity contribution < 1.29 is 13.9 Å². The van der Waals surface area contributed by atoms with Gasteiger partial charge < -0.3 is 13.9 Å². The molecule has 2 aromatic rings. The number of halogens is 1. The highest BCUT2D eigenvalue weighted by molar-refractivity contribution is 7.99. The van der Waals surface area contributed by atoms with Crippen LogP contribution in [0.1, 0.15) is 11.5 Å². The van der Waals surface area contributed by atoms with Crippen LogP contribution in [0.3, 0.4) is 0 Å². The van der Waals surface area contributed by atoms with Crippen molar-refractivity contribution in [1.82, 2.24) is 9.88 Å².